The molecule has 2 fully saturated rings. The van der Waals surface area contributed by atoms with Gasteiger partial charge in [-0.25, -0.2) is 14.2 Å². The second kappa shape index (κ2) is 15.2. The van der Waals surface area contributed by atoms with Crippen LogP contribution in [-0.4, -0.2) is 81.5 Å². The van der Waals surface area contributed by atoms with Crippen LogP contribution in [0.15, 0.2) is 36.8 Å². The maximum absolute atomic E-state index is 13.9. The number of hydrogen-bond acceptors (Lipinski definition) is 11. The van der Waals surface area contributed by atoms with Crippen LogP contribution >= 0.6 is 23.2 Å². The topological polar surface area (TPSA) is 145 Å². The van der Waals surface area contributed by atoms with Crippen molar-refractivity contribution in [2.45, 2.75) is 44.3 Å². The molecule has 2 aromatic heterocycles. The van der Waals surface area contributed by atoms with Crippen molar-refractivity contribution in [3.8, 4) is 11.5 Å². The molecule has 0 spiro atoms. The van der Waals surface area contributed by atoms with Gasteiger partial charge in [0.15, 0.2) is 0 Å². The van der Waals surface area contributed by atoms with Gasteiger partial charge in [0.05, 0.1) is 41.1 Å². The van der Waals surface area contributed by atoms with Crippen molar-refractivity contribution in [3.63, 3.8) is 0 Å². The van der Waals surface area contributed by atoms with E-state index >= 15 is 0 Å². The Hall–Kier alpha value is -3.13. The average Bonchev–Trinajstić information content (AvgIpc) is 3.09. The number of rotatable bonds is 12. The third kappa shape index (κ3) is 8.32. The van der Waals surface area contributed by atoms with Gasteiger partial charge in [-0.1, -0.05) is 23.2 Å². The molecule has 11 nitrogen and oxygen atoms in total. The molecule has 2 saturated heterocycles. The predicted molar refractivity (Wildman–Crippen MR) is 205 cm³/mol. The highest BCUT2D eigenvalue weighted by molar-refractivity contribution is 7.91. The molecule has 2 atom stereocenters. The Labute approximate surface area is 305 Å². The first-order chi connectivity index (χ1) is 23.9. The monoisotopic (exact) mass is 761 g/mol. The standard InChI is InChI=1S/C35H45Cl2N7O4S2/c1-47-32-20-30-25(18-28(32)36)35(42-22-41-30)44-14-7-24(8-15-44)10-17-50(39,46)21-27-33-26(19-29(37)34(27)48-2)31(4-11-40-33)43-12-5-23(6-13-43)9-16-49(3,38)45/h4,11,18-20,22-24,38-39H,5-10,12-17,21H2,1-3H3. The van der Waals surface area contributed by atoms with Crippen LogP contribution in [0.4, 0.5) is 11.5 Å². The van der Waals surface area contributed by atoms with Crippen molar-refractivity contribution in [3.05, 3.63) is 52.4 Å². The fourth-order valence-electron chi connectivity index (χ4n) is 7.32. The number of nitrogens with one attached hydrogen (secondary N) is 2. The molecule has 4 aromatic rings. The van der Waals surface area contributed by atoms with Crippen molar-refractivity contribution in [2.24, 2.45) is 11.8 Å². The van der Waals surface area contributed by atoms with Gasteiger partial charge in [0.1, 0.15) is 23.6 Å². The summed E-state index contributed by atoms with van der Waals surface area (Å²) in [5, 5.41) is 2.66. The van der Waals surface area contributed by atoms with Crippen LogP contribution < -0.4 is 19.3 Å². The van der Waals surface area contributed by atoms with Crippen molar-refractivity contribution in [1.29, 1.82) is 9.56 Å². The number of nitrogens with zero attached hydrogens (tertiary/aromatic N) is 5. The number of benzene rings is 2. The lowest BCUT2D eigenvalue weighted by atomic mass is 9.93. The third-order valence-corrected chi connectivity index (χ3v) is 13.4. The maximum Gasteiger partial charge on any atom is 0.143 e. The molecule has 2 aromatic carbocycles. The second-order valence-electron chi connectivity index (χ2n) is 13.6. The number of fused-ring (bicyclic) bond motifs is 2. The quantitative estimate of drug-likeness (QED) is 0.149. The van der Waals surface area contributed by atoms with Crippen LogP contribution in [-0.2, 0) is 25.2 Å². The molecule has 4 heterocycles. The Morgan fingerprint density at radius 2 is 1.48 bits per heavy atom. The predicted octanol–water partition coefficient (Wildman–Crippen LogP) is 7.64. The van der Waals surface area contributed by atoms with E-state index < -0.39 is 19.5 Å². The number of methoxy groups -OCH3 is 2. The molecular formula is C35H45Cl2N7O4S2. The van der Waals surface area contributed by atoms with Gasteiger partial charge in [0.25, 0.3) is 0 Å². The molecule has 0 saturated carbocycles. The highest BCUT2D eigenvalue weighted by Gasteiger charge is 2.27. The SMILES string of the molecule is COc1cc2ncnc(N3CCC(CCS(=N)(=O)Cc4c(OC)c(Cl)cc5c(N6CCC(CCS(C)(=N)=O)CC6)ccnc45)CC3)c2cc1Cl. The van der Waals surface area contributed by atoms with Crippen LogP contribution in [0.5, 0.6) is 11.5 Å². The Balaban J connectivity index is 1.12. The molecule has 0 radical (unpaired) electrons. The molecule has 270 valence electrons. The Morgan fingerprint density at radius 1 is 0.840 bits per heavy atom. The first kappa shape index (κ1) is 36.7. The van der Waals surface area contributed by atoms with Crippen molar-refractivity contribution in [2.75, 3.05) is 68.0 Å². The molecule has 2 N–H and O–H groups in total. The third-order valence-electron chi connectivity index (χ3n) is 10.1. The average molecular weight is 763 g/mol. The first-order valence-corrected chi connectivity index (χ1v) is 21.7. The normalized spacial score (nSPS) is 18.7. The molecule has 0 amide bonds. The summed E-state index contributed by atoms with van der Waals surface area (Å²) in [6.07, 6.45) is 10.0. The fraction of sp³-hybridized carbons (Fsp3) is 0.514. The molecule has 2 unspecified atom stereocenters. The summed E-state index contributed by atoms with van der Waals surface area (Å²) >= 11 is 13.2. The van der Waals surface area contributed by atoms with Crippen LogP contribution in [0.2, 0.25) is 10.0 Å². The van der Waals surface area contributed by atoms with E-state index in [9.17, 15) is 8.42 Å². The molecule has 50 heavy (non-hydrogen) atoms. The van der Waals surface area contributed by atoms with Gasteiger partial charge in [0, 0.05) is 97.7 Å². The van der Waals surface area contributed by atoms with Gasteiger partial charge in [-0.2, -0.15) is 0 Å². The maximum atomic E-state index is 13.9. The highest BCUT2D eigenvalue weighted by Crippen LogP contribution is 2.41. The van der Waals surface area contributed by atoms with Gasteiger partial charge in [-0.15, -0.1) is 0 Å². The van der Waals surface area contributed by atoms with Gasteiger partial charge in [0.2, 0.25) is 0 Å². The zero-order valence-electron chi connectivity index (χ0n) is 28.8. The van der Waals surface area contributed by atoms with Gasteiger partial charge in [-0.3, -0.25) is 18.8 Å². The number of ether oxygens (including phenoxy) is 2. The van der Waals surface area contributed by atoms with Crippen LogP contribution in [0, 0.1) is 21.4 Å². The van der Waals surface area contributed by atoms with Crippen molar-refractivity contribution < 1.29 is 17.9 Å². The Morgan fingerprint density at radius 3 is 2.12 bits per heavy atom. The van der Waals surface area contributed by atoms with E-state index in [1.165, 1.54) is 6.26 Å². The zero-order chi connectivity index (χ0) is 35.6. The van der Waals surface area contributed by atoms with Gasteiger partial charge >= 0.3 is 0 Å². The molecule has 2 aliphatic rings. The first-order valence-electron chi connectivity index (χ1n) is 16.9. The second-order valence-corrected chi connectivity index (χ2v) is 19.2. The van der Waals surface area contributed by atoms with E-state index in [0.717, 1.165) is 86.1 Å². The molecule has 6 rings (SSSR count). The summed E-state index contributed by atoms with van der Waals surface area (Å²) in [7, 11) is -2.39. The summed E-state index contributed by atoms with van der Waals surface area (Å²) in [6, 6.07) is 7.53. The van der Waals surface area contributed by atoms with E-state index in [2.05, 4.69) is 19.8 Å². The lowest BCUT2D eigenvalue weighted by Crippen LogP contribution is -2.35. The van der Waals surface area contributed by atoms with Crippen molar-refractivity contribution >= 4 is 76.0 Å². The fourth-order valence-corrected chi connectivity index (χ4v) is 10.2. The lowest BCUT2D eigenvalue weighted by molar-refractivity contribution is 0.395. The number of piperidine rings is 2. The van der Waals surface area contributed by atoms with E-state index in [-0.39, 0.29) is 11.5 Å². The van der Waals surface area contributed by atoms with Crippen LogP contribution in [0.3, 0.4) is 0 Å². The van der Waals surface area contributed by atoms with Gasteiger partial charge < -0.3 is 19.3 Å². The minimum atomic E-state index is -3.04. The summed E-state index contributed by atoms with van der Waals surface area (Å²) in [6.45, 7) is 3.24. The van der Waals surface area contributed by atoms with E-state index in [1.54, 1.807) is 26.7 Å². The van der Waals surface area contributed by atoms with E-state index in [4.69, 9.17) is 47.2 Å². The number of pyridine rings is 1. The zero-order valence-corrected chi connectivity index (χ0v) is 31.9. The molecular weight excluding hydrogens is 717 g/mol. The minimum Gasteiger partial charge on any atom is -0.495 e. The Kier molecular flexibility index (Phi) is 11.2. The molecule has 15 heteroatoms. The molecule has 2 aliphatic heterocycles. The summed E-state index contributed by atoms with van der Waals surface area (Å²) in [5.41, 5.74) is 3.04. The number of anilines is 2. The summed E-state index contributed by atoms with van der Waals surface area (Å²) < 4.78 is 53.6. The van der Waals surface area contributed by atoms with Crippen LogP contribution in [0.1, 0.15) is 44.1 Å². The number of hydrogen-bond donors (Lipinski definition) is 2. The number of aromatic nitrogens is 3. The smallest absolute Gasteiger partial charge is 0.143 e. The minimum absolute atomic E-state index is 0.00513. The van der Waals surface area contributed by atoms with Crippen LogP contribution in [0.25, 0.3) is 21.8 Å². The highest BCUT2D eigenvalue weighted by atomic mass is 35.5. The largest absolute Gasteiger partial charge is 0.495 e. The molecule has 0 bridgehead atoms. The molecule has 0 aliphatic carbocycles. The van der Waals surface area contributed by atoms with E-state index in [0.29, 0.717) is 56.6 Å². The summed E-state index contributed by atoms with van der Waals surface area (Å²) in [5.74, 6) is 3.34. The number of halogens is 2. The summed E-state index contributed by atoms with van der Waals surface area (Å²) in [4.78, 5) is 18.3. The lowest BCUT2D eigenvalue weighted by Gasteiger charge is -2.34. The van der Waals surface area contributed by atoms with Crippen molar-refractivity contribution in [1.82, 2.24) is 15.0 Å². The van der Waals surface area contributed by atoms with E-state index in [1.807, 2.05) is 24.3 Å². The van der Waals surface area contributed by atoms with Gasteiger partial charge in [-0.05, 0) is 68.6 Å². The Bertz CT molecular complexity index is 2080.